The van der Waals surface area contributed by atoms with E-state index in [1.807, 2.05) is 12.1 Å². The summed E-state index contributed by atoms with van der Waals surface area (Å²) in [6, 6.07) is 6.96. The van der Waals surface area contributed by atoms with Crippen LogP contribution in [-0.4, -0.2) is 24.5 Å². The Balaban J connectivity index is 2.09. The van der Waals surface area contributed by atoms with Crippen molar-refractivity contribution < 1.29 is 4.39 Å². The number of benzene rings is 1. The van der Waals surface area contributed by atoms with Gasteiger partial charge in [0.05, 0.1) is 0 Å². The first-order valence-corrected chi connectivity index (χ1v) is 6.44. The lowest BCUT2D eigenvalue weighted by molar-refractivity contribution is 0.203. The van der Waals surface area contributed by atoms with E-state index in [9.17, 15) is 4.39 Å². The van der Waals surface area contributed by atoms with Gasteiger partial charge in [0.15, 0.2) is 0 Å². The van der Waals surface area contributed by atoms with Crippen molar-refractivity contribution in [1.29, 1.82) is 0 Å². The first-order chi connectivity index (χ1) is 8.24. The van der Waals surface area contributed by atoms with Gasteiger partial charge in [-0.05, 0) is 43.0 Å². The van der Waals surface area contributed by atoms with Crippen molar-refractivity contribution in [2.24, 2.45) is 11.7 Å². The second-order valence-electron chi connectivity index (χ2n) is 4.83. The topological polar surface area (TPSA) is 29.3 Å². The zero-order chi connectivity index (χ0) is 12.3. The van der Waals surface area contributed by atoms with Crippen LogP contribution in [0.4, 0.5) is 4.39 Å². The molecule has 0 heterocycles. The first-order valence-electron chi connectivity index (χ1n) is 6.44. The molecule has 2 N–H and O–H groups in total. The number of rotatable bonds is 6. The Kier molecular flexibility index (Phi) is 4.13. The number of hydrogen-bond donors (Lipinski definition) is 1. The molecule has 2 rings (SSSR count). The average molecular weight is 236 g/mol. The highest BCUT2D eigenvalue weighted by molar-refractivity contribution is 5.20. The third-order valence-electron chi connectivity index (χ3n) is 3.51. The van der Waals surface area contributed by atoms with Gasteiger partial charge in [0, 0.05) is 19.1 Å². The minimum atomic E-state index is -0.185. The molecule has 1 aromatic rings. The molecule has 0 spiro atoms. The Labute approximate surface area is 103 Å². The van der Waals surface area contributed by atoms with Gasteiger partial charge in [-0.3, -0.25) is 4.90 Å². The van der Waals surface area contributed by atoms with Crippen LogP contribution in [0.25, 0.3) is 0 Å². The van der Waals surface area contributed by atoms with Crippen LogP contribution in [0.15, 0.2) is 24.3 Å². The fraction of sp³-hybridized carbons (Fsp3) is 0.571. The van der Waals surface area contributed by atoms with Crippen LogP contribution in [-0.2, 0) is 0 Å². The van der Waals surface area contributed by atoms with Gasteiger partial charge in [-0.2, -0.15) is 0 Å². The summed E-state index contributed by atoms with van der Waals surface area (Å²) in [5.41, 5.74) is 7.00. The molecule has 0 bridgehead atoms. The van der Waals surface area contributed by atoms with E-state index in [0.29, 0.717) is 6.54 Å². The predicted molar refractivity (Wildman–Crippen MR) is 68.2 cm³/mol. The normalized spacial score (nSPS) is 17.4. The average Bonchev–Trinajstić information content (AvgIpc) is 3.15. The monoisotopic (exact) mass is 236 g/mol. The van der Waals surface area contributed by atoms with E-state index in [0.717, 1.165) is 24.6 Å². The van der Waals surface area contributed by atoms with Gasteiger partial charge >= 0.3 is 0 Å². The van der Waals surface area contributed by atoms with Crippen LogP contribution in [0.2, 0.25) is 0 Å². The van der Waals surface area contributed by atoms with Gasteiger partial charge in [0.25, 0.3) is 0 Å². The van der Waals surface area contributed by atoms with Gasteiger partial charge < -0.3 is 5.73 Å². The highest BCUT2D eigenvalue weighted by atomic mass is 19.1. The van der Waals surface area contributed by atoms with E-state index in [-0.39, 0.29) is 11.9 Å². The highest BCUT2D eigenvalue weighted by Crippen LogP contribution is 2.32. The van der Waals surface area contributed by atoms with Crippen LogP contribution < -0.4 is 5.73 Å². The fourth-order valence-corrected chi connectivity index (χ4v) is 2.29. The van der Waals surface area contributed by atoms with Crippen molar-refractivity contribution in [1.82, 2.24) is 4.90 Å². The van der Waals surface area contributed by atoms with Gasteiger partial charge in [-0.25, -0.2) is 4.39 Å². The van der Waals surface area contributed by atoms with Gasteiger partial charge in [-0.1, -0.05) is 19.1 Å². The number of nitrogens with zero attached hydrogens (tertiary/aromatic N) is 1. The zero-order valence-corrected chi connectivity index (χ0v) is 10.4. The minimum Gasteiger partial charge on any atom is -0.329 e. The lowest BCUT2D eigenvalue weighted by Gasteiger charge is -2.30. The molecule has 17 heavy (non-hydrogen) atoms. The minimum absolute atomic E-state index is 0.185. The quantitative estimate of drug-likeness (QED) is 0.822. The molecule has 1 aliphatic rings. The largest absolute Gasteiger partial charge is 0.329 e. The molecule has 0 amide bonds. The first kappa shape index (κ1) is 12.5. The summed E-state index contributed by atoms with van der Waals surface area (Å²) < 4.78 is 12.9. The SMILES string of the molecule is CCN(CC1CC1)C(CN)c1ccc(F)cc1. The van der Waals surface area contributed by atoms with Crippen LogP contribution in [0.3, 0.4) is 0 Å². The Morgan fingerprint density at radius 1 is 1.35 bits per heavy atom. The number of likely N-dealkylation sites (N-methyl/N-ethyl adjacent to an activating group) is 1. The molecular weight excluding hydrogens is 215 g/mol. The van der Waals surface area contributed by atoms with Crippen LogP contribution in [0, 0.1) is 11.7 Å². The Morgan fingerprint density at radius 3 is 2.47 bits per heavy atom. The predicted octanol–water partition coefficient (Wildman–Crippen LogP) is 2.56. The Bertz CT molecular complexity index is 346. The van der Waals surface area contributed by atoms with E-state index in [1.165, 1.54) is 25.0 Å². The lowest BCUT2D eigenvalue weighted by atomic mass is 10.0. The smallest absolute Gasteiger partial charge is 0.123 e. The molecule has 0 aromatic heterocycles. The third kappa shape index (κ3) is 3.27. The molecule has 2 nitrogen and oxygen atoms in total. The maximum atomic E-state index is 12.9. The maximum Gasteiger partial charge on any atom is 0.123 e. The Hall–Kier alpha value is -0.930. The molecule has 3 heteroatoms. The van der Waals surface area contributed by atoms with E-state index in [4.69, 9.17) is 5.73 Å². The number of halogens is 1. The summed E-state index contributed by atoms with van der Waals surface area (Å²) in [5, 5.41) is 0. The molecule has 1 aromatic carbocycles. The summed E-state index contributed by atoms with van der Waals surface area (Å²) in [5.74, 6) is 0.666. The molecule has 94 valence electrons. The molecule has 0 aliphatic heterocycles. The van der Waals surface area contributed by atoms with Crippen molar-refractivity contribution in [3.05, 3.63) is 35.6 Å². The molecule has 1 atom stereocenters. The zero-order valence-electron chi connectivity index (χ0n) is 10.4. The van der Waals surface area contributed by atoms with Crippen molar-refractivity contribution in [2.75, 3.05) is 19.6 Å². The number of hydrogen-bond acceptors (Lipinski definition) is 2. The standard InChI is InChI=1S/C14H21FN2/c1-2-17(10-11-3-4-11)14(9-16)12-5-7-13(15)8-6-12/h5-8,11,14H,2-4,9-10,16H2,1H3. The van der Waals surface area contributed by atoms with Gasteiger partial charge in [0.1, 0.15) is 5.82 Å². The fourth-order valence-electron chi connectivity index (χ4n) is 2.29. The summed E-state index contributed by atoms with van der Waals surface area (Å²) in [4.78, 5) is 2.41. The maximum absolute atomic E-state index is 12.9. The molecular formula is C14H21FN2. The third-order valence-corrected chi connectivity index (χ3v) is 3.51. The van der Waals surface area contributed by atoms with Crippen LogP contribution >= 0.6 is 0 Å². The Morgan fingerprint density at radius 2 is 2.00 bits per heavy atom. The lowest BCUT2D eigenvalue weighted by Crippen LogP contribution is -2.35. The molecule has 1 fully saturated rings. The molecule has 0 radical (unpaired) electrons. The highest BCUT2D eigenvalue weighted by Gasteiger charge is 2.27. The molecule has 1 saturated carbocycles. The summed E-state index contributed by atoms with van der Waals surface area (Å²) >= 11 is 0. The van der Waals surface area contributed by atoms with E-state index in [2.05, 4.69) is 11.8 Å². The van der Waals surface area contributed by atoms with Crippen molar-refractivity contribution >= 4 is 0 Å². The van der Waals surface area contributed by atoms with E-state index in [1.54, 1.807) is 0 Å². The molecule has 1 unspecified atom stereocenters. The van der Waals surface area contributed by atoms with E-state index >= 15 is 0 Å². The van der Waals surface area contributed by atoms with Crippen molar-refractivity contribution in [3.63, 3.8) is 0 Å². The second-order valence-corrected chi connectivity index (χ2v) is 4.83. The molecule has 0 saturated heterocycles. The number of nitrogens with two attached hydrogens (primary N) is 1. The van der Waals surface area contributed by atoms with Crippen molar-refractivity contribution in [3.8, 4) is 0 Å². The summed E-state index contributed by atoms with van der Waals surface area (Å²) in [7, 11) is 0. The summed E-state index contributed by atoms with van der Waals surface area (Å²) in [6.45, 7) is 4.87. The van der Waals surface area contributed by atoms with Crippen molar-refractivity contribution in [2.45, 2.75) is 25.8 Å². The van der Waals surface area contributed by atoms with Crippen LogP contribution in [0.5, 0.6) is 0 Å². The molecule has 1 aliphatic carbocycles. The summed E-state index contributed by atoms with van der Waals surface area (Å²) in [6.07, 6.45) is 2.69. The second kappa shape index (κ2) is 5.61. The van der Waals surface area contributed by atoms with Gasteiger partial charge in [0.2, 0.25) is 0 Å². The van der Waals surface area contributed by atoms with E-state index < -0.39 is 0 Å². The van der Waals surface area contributed by atoms with Gasteiger partial charge in [-0.15, -0.1) is 0 Å². The van der Waals surface area contributed by atoms with Crippen LogP contribution in [0.1, 0.15) is 31.4 Å².